The van der Waals surface area contributed by atoms with Gasteiger partial charge in [-0.05, 0) is 12.3 Å². The van der Waals surface area contributed by atoms with Crippen LogP contribution in [0.25, 0.3) is 0 Å². The van der Waals surface area contributed by atoms with Crippen molar-refractivity contribution in [2.75, 3.05) is 13.1 Å². The Morgan fingerprint density at radius 3 is 2.64 bits per heavy atom. The maximum absolute atomic E-state index is 5.78. The predicted molar refractivity (Wildman–Crippen MR) is 48.1 cm³/mol. The van der Waals surface area contributed by atoms with Crippen LogP contribution in [0.15, 0.2) is 12.3 Å². The summed E-state index contributed by atoms with van der Waals surface area (Å²) in [4.78, 5) is 2.30. The molecule has 0 amide bonds. The summed E-state index contributed by atoms with van der Waals surface area (Å²) in [6.07, 6.45) is 1.12. The average Bonchev–Trinajstić information content (AvgIpc) is 2.34. The van der Waals surface area contributed by atoms with Gasteiger partial charge in [-0.3, -0.25) is 0 Å². The van der Waals surface area contributed by atoms with E-state index in [1.54, 1.807) is 0 Å². The topological polar surface area (TPSA) is 29.3 Å². The van der Waals surface area contributed by atoms with E-state index < -0.39 is 0 Å². The summed E-state index contributed by atoms with van der Waals surface area (Å²) >= 11 is 0. The highest BCUT2D eigenvalue weighted by atomic mass is 15.2. The van der Waals surface area contributed by atoms with Gasteiger partial charge in [-0.1, -0.05) is 20.4 Å². The van der Waals surface area contributed by atoms with E-state index in [-0.39, 0.29) is 0 Å². The molecule has 1 atom stereocenters. The van der Waals surface area contributed by atoms with Gasteiger partial charge in [0.15, 0.2) is 0 Å². The van der Waals surface area contributed by atoms with E-state index in [9.17, 15) is 0 Å². The zero-order chi connectivity index (χ0) is 8.43. The Morgan fingerprint density at radius 1 is 1.64 bits per heavy atom. The van der Waals surface area contributed by atoms with E-state index in [1.807, 2.05) is 0 Å². The molecule has 0 aromatic rings. The Bertz CT molecular complexity index is 152. The van der Waals surface area contributed by atoms with Crippen molar-refractivity contribution >= 4 is 0 Å². The van der Waals surface area contributed by atoms with E-state index in [2.05, 4.69) is 25.3 Å². The van der Waals surface area contributed by atoms with Crippen LogP contribution in [0.4, 0.5) is 0 Å². The van der Waals surface area contributed by atoms with Gasteiger partial charge in [0, 0.05) is 24.8 Å². The zero-order valence-electron chi connectivity index (χ0n) is 7.51. The van der Waals surface area contributed by atoms with Gasteiger partial charge >= 0.3 is 0 Å². The SMILES string of the molecule is C=C(C(C)C)N1CCC(N)C1. The largest absolute Gasteiger partial charge is 0.373 e. The summed E-state index contributed by atoms with van der Waals surface area (Å²) in [5.74, 6) is 0.556. The molecule has 0 aliphatic carbocycles. The van der Waals surface area contributed by atoms with Gasteiger partial charge in [-0.2, -0.15) is 0 Å². The summed E-state index contributed by atoms with van der Waals surface area (Å²) in [5, 5.41) is 0. The first-order valence-electron chi connectivity index (χ1n) is 4.30. The van der Waals surface area contributed by atoms with E-state index in [0.717, 1.165) is 19.5 Å². The molecular weight excluding hydrogens is 136 g/mol. The van der Waals surface area contributed by atoms with E-state index in [0.29, 0.717) is 12.0 Å². The lowest BCUT2D eigenvalue weighted by Gasteiger charge is -2.23. The molecule has 0 saturated carbocycles. The number of allylic oxidation sites excluding steroid dienone is 1. The molecule has 2 heteroatoms. The summed E-state index contributed by atoms with van der Waals surface area (Å²) in [6.45, 7) is 10.5. The van der Waals surface area contributed by atoms with Crippen molar-refractivity contribution < 1.29 is 0 Å². The smallest absolute Gasteiger partial charge is 0.0327 e. The molecule has 0 bridgehead atoms. The molecule has 1 aliphatic rings. The third kappa shape index (κ3) is 1.96. The number of likely N-dealkylation sites (tertiary alicyclic amines) is 1. The van der Waals surface area contributed by atoms with E-state index >= 15 is 0 Å². The fraction of sp³-hybridized carbons (Fsp3) is 0.778. The van der Waals surface area contributed by atoms with Crippen molar-refractivity contribution in [1.82, 2.24) is 4.90 Å². The minimum Gasteiger partial charge on any atom is -0.373 e. The molecule has 1 fully saturated rings. The lowest BCUT2D eigenvalue weighted by molar-refractivity contribution is 0.377. The maximum Gasteiger partial charge on any atom is 0.0327 e. The van der Waals surface area contributed by atoms with Gasteiger partial charge in [0.2, 0.25) is 0 Å². The quantitative estimate of drug-likeness (QED) is 0.647. The molecule has 64 valence electrons. The van der Waals surface area contributed by atoms with Crippen LogP contribution >= 0.6 is 0 Å². The zero-order valence-corrected chi connectivity index (χ0v) is 7.51. The lowest BCUT2D eigenvalue weighted by Crippen LogP contribution is -2.27. The second kappa shape index (κ2) is 3.26. The molecule has 2 nitrogen and oxygen atoms in total. The summed E-state index contributed by atoms with van der Waals surface area (Å²) in [5.41, 5.74) is 7.01. The number of nitrogens with zero attached hydrogens (tertiary/aromatic N) is 1. The molecule has 1 heterocycles. The Balaban J connectivity index is 2.43. The minimum atomic E-state index is 0.366. The van der Waals surface area contributed by atoms with Crippen LogP contribution in [0, 0.1) is 5.92 Å². The van der Waals surface area contributed by atoms with Gasteiger partial charge in [0.05, 0.1) is 0 Å². The van der Waals surface area contributed by atoms with Crippen LogP contribution in [-0.4, -0.2) is 24.0 Å². The van der Waals surface area contributed by atoms with Crippen molar-refractivity contribution in [2.24, 2.45) is 11.7 Å². The van der Waals surface area contributed by atoms with Gasteiger partial charge in [0.1, 0.15) is 0 Å². The van der Waals surface area contributed by atoms with Crippen molar-refractivity contribution in [3.8, 4) is 0 Å². The first-order valence-corrected chi connectivity index (χ1v) is 4.30. The van der Waals surface area contributed by atoms with Crippen LogP contribution < -0.4 is 5.73 Å². The Labute approximate surface area is 69.1 Å². The Kier molecular flexibility index (Phi) is 2.55. The van der Waals surface area contributed by atoms with Crippen LogP contribution in [0.3, 0.4) is 0 Å². The van der Waals surface area contributed by atoms with Crippen LogP contribution in [0.2, 0.25) is 0 Å². The van der Waals surface area contributed by atoms with Gasteiger partial charge in [-0.25, -0.2) is 0 Å². The third-order valence-corrected chi connectivity index (χ3v) is 2.30. The lowest BCUT2D eigenvalue weighted by atomic mass is 10.1. The second-order valence-corrected chi connectivity index (χ2v) is 3.64. The molecule has 0 spiro atoms. The summed E-state index contributed by atoms with van der Waals surface area (Å²) in [7, 11) is 0. The highest BCUT2D eigenvalue weighted by molar-refractivity contribution is 5.00. The molecule has 1 rings (SSSR count). The molecule has 0 aromatic heterocycles. The number of nitrogens with two attached hydrogens (primary N) is 1. The van der Waals surface area contributed by atoms with Crippen LogP contribution in [0.5, 0.6) is 0 Å². The number of hydrogen-bond donors (Lipinski definition) is 1. The standard InChI is InChI=1S/C9H18N2/c1-7(2)8(3)11-5-4-9(10)6-11/h7,9H,3-6,10H2,1-2H3. The summed E-state index contributed by atoms with van der Waals surface area (Å²) < 4.78 is 0. The highest BCUT2D eigenvalue weighted by Crippen LogP contribution is 2.18. The van der Waals surface area contributed by atoms with Gasteiger partial charge in [0.25, 0.3) is 0 Å². The number of rotatable bonds is 2. The molecule has 2 N–H and O–H groups in total. The monoisotopic (exact) mass is 154 g/mol. The van der Waals surface area contributed by atoms with Crippen molar-refractivity contribution in [3.63, 3.8) is 0 Å². The molecular formula is C9H18N2. The minimum absolute atomic E-state index is 0.366. The summed E-state index contributed by atoms with van der Waals surface area (Å²) in [6, 6.07) is 0.366. The van der Waals surface area contributed by atoms with E-state index in [4.69, 9.17) is 5.73 Å². The van der Waals surface area contributed by atoms with Crippen molar-refractivity contribution in [1.29, 1.82) is 0 Å². The Morgan fingerprint density at radius 2 is 2.27 bits per heavy atom. The van der Waals surface area contributed by atoms with Gasteiger partial charge < -0.3 is 10.6 Å². The Hall–Kier alpha value is -0.500. The molecule has 0 radical (unpaired) electrons. The fourth-order valence-electron chi connectivity index (χ4n) is 1.41. The molecule has 11 heavy (non-hydrogen) atoms. The highest BCUT2D eigenvalue weighted by Gasteiger charge is 2.20. The first kappa shape index (κ1) is 8.60. The maximum atomic E-state index is 5.78. The fourth-order valence-corrected chi connectivity index (χ4v) is 1.41. The molecule has 1 saturated heterocycles. The first-order chi connectivity index (χ1) is 5.11. The van der Waals surface area contributed by atoms with Crippen LogP contribution in [-0.2, 0) is 0 Å². The van der Waals surface area contributed by atoms with Gasteiger partial charge in [-0.15, -0.1) is 0 Å². The normalized spacial score (nSPS) is 24.7. The third-order valence-electron chi connectivity index (χ3n) is 2.30. The average molecular weight is 154 g/mol. The van der Waals surface area contributed by atoms with Crippen LogP contribution in [0.1, 0.15) is 20.3 Å². The van der Waals surface area contributed by atoms with Crippen molar-refractivity contribution in [2.45, 2.75) is 26.3 Å². The molecule has 0 aromatic carbocycles. The second-order valence-electron chi connectivity index (χ2n) is 3.64. The predicted octanol–water partition coefficient (Wildman–Crippen LogP) is 1.19. The molecule has 1 aliphatic heterocycles. The van der Waals surface area contributed by atoms with Crippen molar-refractivity contribution in [3.05, 3.63) is 12.3 Å². The molecule has 1 unspecified atom stereocenters. The number of hydrogen-bond acceptors (Lipinski definition) is 2. The van der Waals surface area contributed by atoms with E-state index in [1.165, 1.54) is 5.70 Å².